The summed E-state index contributed by atoms with van der Waals surface area (Å²) >= 11 is 6.09. The first-order chi connectivity index (χ1) is 15.9. The first-order valence-corrected chi connectivity index (χ1v) is 11.1. The van der Waals surface area contributed by atoms with Gasteiger partial charge in [-0.3, -0.25) is 0 Å². The summed E-state index contributed by atoms with van der Waals surface area (Å²) in [5, 5.41) is 0.601. The molecule has 168 valence electrons. The molecule has 1 aromatic heterocycles. The van der Waals surface area contributed by atoms with E-state index in [0.29, 0.717) is 27.9 Å². The number of hydrogen-bond acceptors (Lipinski definition) is 4. The van der Waals surface area contributed by atoms with Gasteiger partial charge >= 0.3 is 5.97 Å². The van der Waals surface area contributed by atoms with E-state index < -0.39 is 5.97 Å². The van der Waals surface area contributed by atoms with Crippen LogP contribution in [0.5, 0.6) is 5.75 Å². The number of imidazole rings is 1. The molecule has 33 heavy (non-hydrogen) atoms. The molecule has 0 unspecified atom stereocenters. The Balaban J connectivity index is 1.80. The van der Waals surface area contributed by atoms with Crippen molar-refractivity contribution in [2.45, 2.75) is 26.8 Å². The van der Waals surface area contributed by atoms with Crippen molar-refractivity contribution in [3.05, 3.63) is 94.3 Å². The van der Waals surface area contributed by atoms with Crippen LogP contribution in [0.4, 0.5) is 0 Å². The first-order valence-electron chi connectivity index (χ1n) is 10.7. The molecule has 0 aliphatic carbocycles. The van der Waals surface area contributed by atoms with Crippen LogP contribution in [0.15, 0.2) is 66.7 Å². The van der Waals surface area contributed by atoms with Crippen molar-refractivity contribution < 1.29 is 14.3 Å². The Labute approximate surface area is 198 Å². The van der Waals surface area contributed by atoms with Crippen molar-refractivity contribution in [3.63, 3.8) is 0 Å². The molecular weight excluding hydrogens is 436 g/mol. The summed E-state index contributed by atoms with van der Waals surface area (Å²) in [4.78, 5) is 17.8. The van der Waals surface area contributed by atoms with E-state index >= 15 is 0 Å². The van der Waals surface area contributed by atoms with Crippen LogP contribution in [0.3, 0.4) is 0 Å². The summed E-state index contributed by atoms with van der Waals surface area (Å²) < 4.78 is 13.2. The number of fused-ring (bicyclic) bond motifs is 1. The average molecular weight is 461 g/mol. The molecule has 0 aliphatic rings. The van der Waals surface area contributed by atoms with Gasteiger partial charge in [0.1, 0.15) is 17.3 Å². The first kappa shape index (κ1) is 22.6. The quantitative estimate of drug-likeness (QED) is 0.231. The fraction of sp³-hybridized carbons (Fsp3) is 0.185. The highest BCUT2D eigenvalue weighted by atomic mass is 35.5. The normalized spacial score (nSPS) is 11.8. The molecule has 4 aromatic rings. The van der Waals surface area contributed by atoms with E-state index in [1.54, 1.807) is 49.6 Å². The minimum atomic E-state index is -0.470. The SMILES string of the molecule is COc1ccc(C(=O)O/C(=C\c2nc3cc(C)ccc3n2C(C)C)c2ccc(Cl)cc2)cc1. The summed E-state index contributed by atoms with van der Waals surface area (Å²) in [5.74, 6) is 1.29. The van der Waals surface area contributed by atoms with E-state index in [0.717, 1.165) is 22.2 Å². The van der Waals surface area contributed by atoms with Gasteiger partial charge in [-0.15, -0.1) is 0 Å². The molecule has 0 atom stereocenters. The molecular formula is C27H25ClN2O3. The van der Waals surface area contributed by atoms with E-state index in [1.165, 1.54) is 0 Å². The maximum atomic E-state index is 13.0. The van der Waals surface area contributed by atoms with Gasteiger partial charge in [-0.1, -0.05) is 17.7 Å². The van der Waals surface area contributed by atoms with Crippen LogP contribution in [0.2, 0.25) is 5.02 Å². The lowest BCUT2D eigenvalue weighted by atomic mass is 10.1. The number of carbonyl (C=O) groups excluding carboxylic acids is 1. The zero-order valence-corrected chi connectivity index (χ0v) is 19.8. The lowest BCUT2D eigenvalue weighted by molar-refractivity contribution is 0.0693. The van der Waals surface area contributed by atoms with Crippen LogP contribution >= 0.6 is 11.6 Å². The van der Waals surface area contributed by atoms with Crippen molar-refractivity contribution in [2.75, 3.05) is 7.11 Å². The Hall–Kier alpha value is -3.57. The summed E-state index contributed by atoms with van der Waals surface area (Å²) in [5.41, 5.74) is 4.20. The zero-order valence-electron chi connectivity index (χ0n) is 19.0. The topological polar surface area (TPSA) is 53.4 Å². The summed E-state index contributed by atoms with van der Waals surface area (Å²) in [6.45, 7) is 6.24. The summed E-state index contributed by atoms with van der Waals surface area (Å²) in [6, 6.07) is 20.3. The summed E-state index contributed by atoms with van der Waals surface area (Å²) in [7, 11) is 1.58. The monoisotopic (exact) mass is 460 g/mol. The van der Waals surface area contributed by atoms with Crippen LogP contribution in [0, 0.1) is 6.92 Å². The number of aryl methyl sites for hydroxylation is 1. The molecule has 0 saturated carbocycles. The molecule has 1 heterocycles. The van der Waals surface area contributed by atoms with Crippen molar-refractivity contribution in [3.8, 4) is 5.75 Å². The number of methoxy groups -OCH3 is 1. The number of hydrogen-bond donors (Lipinski definition) is 0. The third kappa shape index (κ3) is 4.94. The number of aromatic nitrogens is 2. The van der Waals surface area contributed by atoms with E-state index in [9.17, 15) is 4.79 Å². The van der Waals surface area contributed by atoms with Gasteiger partial charge in [0.05, 0.1) is 23.7 Å². The molecule has 6 heteroatoms. The molecule has 0 saturated heterocycles. The maximum absolute atomic E-state index is 13.0. The third-order valence-electron chi connectivity index (χ3n) is 5.31. The predicted molar refractivity (Wildman–Crippen MR) is 133 cm³/mol. The van der Waals surface area contributed by atoms with Crippen molar-refractivity contribution in [1.29, 1.82) is 0 Å². The van der Waals surface area contributed by atoms with Crippen LogP contribution in [-0.4, -0.2) is 22.6 Å². The Morgan fingerprint density at radius 2 is 1.67 bits per heavy atom. The predicted octanol–water partition coefficient (Wildman–Crippen LogP) is 6.94. The van der Waals surface area contributed by atoms with Gasteiger partial charge in [0.2, 0.25) is 0 Å². The van der Waals surface area contributed by atoms with Crippen molar-refractivity contribution in [2.24, 2.45) is 0 Å². The lowest BCUT2D eigenvalue weighted by Crippen LogP contribution is -2.07. The smallest absolute Gasteiger partial charge is 0.343 e. The van der Waals surface area contributed by atoms with Crippen molar-refractivity contribution in [1.82, 2.24) is 9.55 Å². The highest BCUT2D eigenvalue weighted by Gasteiger charge is 2.17. The fourth-order valence-corrected chi connectivity index (χ4v) is 3.79. The van der Waals surface area contributed by atoms with E-state index in [4.69, 9.17) is 26.1 Å². The average Bonchev–Trinajstić information content (AvgIpc) is 3.16. The number of benzene rings is 3. The number of esters is 1. The van der Waals surface area contributed by atoms with Gasteiger partial charge < -0.3 is 14.0 Å². The molecule has 0 fully saturated rings. The van der Waals surface area contributed by atoms with Gasteiger partial charge in [0, 0.05) is 22.7 Å². The van der Waals surface area contributed by atoms with E-state index in [2.05, 4.69) is 36.6 Å². The van der Waals surface area contributed by atoms with Gasteiger partial charge in [-0.2, -0.15) is 0 Å². The van der Waals surface area contributed by atoms with Crippen LogP contribution in [0.25, 0.3) is 22.9 Å². The highest BCUT2D eigenvalue weighted by molar-refractivity contribution is 6.30. The molecule has 0 spiro atoms. The van der Waals surface area contributed by atoms with Gasteiger partial charge in [0.15, 0.2) is 0 Å². The molecule has 0 N–H and O–H groups in total. The summed E-state index contributed by atoms with van der Waals surface area (Å²) in [6.07, 6.45) is 1.81. The van der Waals surface area contributed by atoms with Crippen LogP contribution in [0.1, 0.15) is 47.2 Å². The Morgan fingerprint density at radius 1 is 1.00 bits per heavy atom. The molecule has 0 radical (unpaired) electrons. The van der Waals surface area contributed by atoms with E-state index in [-0.39, 0.29) is 6.04 Å². The Kier molecular flexibility index (Phi) is 6.52. The van der Waals surface area contributed by atoms with Crippen LogP contribution in [-0.2, 0) is 4.74 Å². The molecule has 3 aromatic carbocycles. The zero-order chi connectivity index (χ0) is 23.5. The second kappa shape index (κ2) is 9.51. The number of ether oxygens (including phenoxy) is 2. The molecule has 4 rings (SSSR count). The Bertz CT molecular complexity index is 1320. The molecule has 0 bridgehead atoms. The van der Waals surface area contributed by atoms with Gasteiger partial charge in [-0.25, -0.2) is 9.78 Å². The molecule has 5 nitrogen and oxygen atoms in total. The fourth-order valence-electron chi connectivity index (χ4n) is 3.66. The lowest BCUT2D eigenvalue weighted by Gasteiger charge is -2.13. The number of rotatable bonds is 6. The number of carbonyl (C=O) groups is 1. The van der Waals surface area contributed by atoms with Gasteiger partial charge in [0.25, 0.3) is 0 Å². The largest absolute Gasteiger partial charge is 0.497 e. The Morgan fingerprint density at radius 3 is 2.30 bits per heavy atom. The standard InChI is InChI=1S/C27H25ClN2O3/c1-17(2)30-24-14-5-18(3)15-23(24)29-26(30)16-25(19-6-10-21(28)11-7-19)33-27(31)20-8-12-22(32-4)13-9-20/h5-17H,1-4H3/b25-16-. The van der Waals surface area contributed by atoms with Crippen molar-refractivity contribution >= 4 is 40.4 Å². The van der Waals surface area contributed by atoms with Crippen LogP contribution < -0.4 is 4.74 Å². The maximum Gasteiger partial charge on any atom is 0.343 e. The third-order valence-corrected chi connectivity index (χ3v) is 5.56. The molecule has 0 aliphatic heterocycles. The minimum absolute atomic E-state index is 0.160. The second-order valence-electron chi connectivity index (χ2n) is 8.06. The van der Waals surface area contributed by atoms with Gasteiger partial charge in [-0.05, 0) is 87.0 Å². The number of halogens is 1. The number of nitrogens with zero attached hydrogens (tertiary/aromatic N) is 2. The van der Waals surface area contributed by atoms with E-state index in [1.807, 2.05) is 19.1 Å². The second-order valence-corrected chi connectivity index (χ2v) is 8.50. The minimum Gasteiger partial charge on any atom is -0.497 e. The highest BCUT2D eigenvalue weighted by Crippen LogP contribution is 2.28. The molecule has 0 amide bonds.